The van der Waals surface area contributed by atoms with Gasteiger partial charge >= 0.3 is 0 Å². The second-order valence-electron chi connectivity index (χ2n) is 7.93. The molecule has 1 heterocycles. The van der Waals surface area contributed by atoms with Gasteiger partial charge in [0.15, 0.2) is 0 Å². The third-order valence-electron chi connectivity index (χ3n) is 4.74. The van der Waals surface area contributed by atoms with Gasteiger partial charge in [-0.15, -0.1) is 11.8 Å². The van der Waals surface area contributed by atoms with Gasteiger partial charge in [0, 0.05) is 36.0 Å². The second kappa shape index (κ2) is 12.4. The number of nitrogens with zero attached hydrogens (tertiary/aromatic N) is 1. The summed E-state index contributed by atoms with van der Waals surface area (Å²) in [6.07, 6.45) is 10.2. The molecule has 1 unspecified atom stereocenters. The van der Waals surface area contributed by atoms with Crippen molar-refractivity contribution in [1.82, 2.24) is 10.6 Å². The molecule has 0 saturated heterocycles. The maximum Gasteiger partial charge on any atom is 0.229 e. The monoisotopic (exact) mass is 427 g/mol. The number of carbonyl (C=O) groups excluding carboxylic acids is 2. The lowest BCUT2D eigenvalue weighted by atomic mass is 9.91. The van der Waals surface area contributed by atoms with Crippen molar-refractivity contribution in [1.29, 1.82) is 0 Å². The molecule has 0 aromatic heterocycles. The van der Waals surface area contributed by atoms with Crippen LogP contribution < -0.4 is 10.6 Å². The number of aliphatic imine (C=N–C) groups is 1. The number of allylic oxidation sites excluding steroid dienone is 3. The Morgan fingerprint density at radius 1 is 1.33 bits per heavy atom. The summed E-state index contributed by atoms with van der Waals surface area (Å²) in [6.45, 7) is 8.09. The quantitative estimate of drug-likeness (QED) is 0.242. The first kappa shape index (κ1) is 23.9. The maximum absolute atomic E-state index is 12.5. The Labute approximate surface area is 184 Å². The van der Waals surface area contributed by atoms with Crippen LogP contribution in [0.4, 0.5) is 0 Å². The lowest BCUT2D eigenvalue weighted by molar-refractivity contribution is -0.127. The minimum Gasteiger partial charge on any atom is -0.370 e. The van der Waals surface area contributed by atoms with E-state index in [-0.39, 0.29) is 11.8 Å². The zero-order valence-electron chi connectivity index (χ0n) is 18.2. The van der Waals surface area contributed by atoms with E-state index in [9.17, 15) is 9.59 Å². The van der Waals surface area contributed by atoms with Gasteiger partial charge in [0.25, 0.3) is 0 Å². The van der Waals surface area contributed by atoms with Crippen LogP contribution in [0.2, 0.25) is 0 Å². The van der Waals surface area contributed by atoms with Crippen molar-refractivity contribution >= 4 is 29.8 Å². The van der Waals surface area contributed by atoms with Crippen molar-refractivity contribution in [2.45, 2.75) is 38.5 Å². The normalized spacial score (nSPS) is 15.6. The summed E-state index contributed by atoms with van der Waals surface area (Å²) in [7, 11) is 0. The molecule has 6 heteroatoms. The molecule has 0 fully saturated rings. The van der Waals surface area contributed by atoms with E-state index in [1.54, 1.807) is 17.8 Å². The highest BCUT2D eigenvalue weighted by molar-refractivity contribution is 7.99. The van der Waals surface area contributed by atoms with Crippen LogP contribution in [0.3, 0.4) is 0 Å². The molecule has 1 aliphatic heterocycles. The Hall–Kier alpha value is -2.34. The summed E-state index contributed by atoms with van der Waals surface area (Å²) in [5.74, 6) is 1.80. The lowest BCUT2D eigenvalue weighted by Crippen LogP contribution is -2.36. The highest BCUT2D eigenvalue weighted by atomic mass is 32.2. The van der Waals surface area contributed by atoms with Crippen LogP contribution in [0, 0.1) is 11.3 Å². The van der Waals surface area contributed by atoms with Crippen molar-refractivity contribution in [3.05, 3.63) is 54.1 Å². The van der Waals surface area contributed by atoms with Crippen molar-refractivity contribution in [3.63, 3.8) is 0 Å². The highest BCUT2D eigenvalue weighted by Crippen LogP contribution is 2.24. The van der Waals surface area contributed by atoms with E-state index in [4.69, 9.17) is 0 Å². The number of benzene rings is 1. The van der Waals surface area contributed by atoms with Crippen molar-refractivity contribution < 1.29 is 9.59 Å². The van der Waals surface area contributed by atoms with Gasteiger partial charge in [-0.3, -0.25) is 9.79 Å². The molecule has 0 radical (unpaired) electrons. The first-order valence-corrected chi connectivity index (χ1v) is 11.5. The van der Waals surface area contributed by atoms with E-state index in [0.717, 1.165) is 49.4 Å². The average molecular weight is 428 g/mol. The maximum atomic E-state index is 12.5. The molecule has 0 spiro atoms. The van der Waals surface area contributed by atoms with Gasteiger partial charge in [-0.05, 0) is 38.5 Å². The fourth-order valence-corrected chi connectivity index (χ4v) is 3.85. The molecule has 2 rings (SSSR count). The van der Waals surface area contributed by atoms with Crippen molar-refractivity contribution in [3.8, 4) is 0 Å². The summed E-state index contributed by atoms with van der Waals surface area (Å²) in [5.41, 5.74) is 0.564. The van der Waals surface area contributed by atoms with Gasteiger partial charge in [0.1, 0.15) is 12.1 Å². The Balaban J connectivity index is 1.77. The molecular weight excluding hydrogens is 394 g/mol. The van der Waals surface area contributed by atoms with Gasteiger partial charge in [-0.1, -0.05) is 49.4 Å². The standard InChI is InChI=1S/C24H33N3O2S/c1-19(18-28)10-6-7-13-24(2,3)23(29)27-16-9-17-30-21-12-5-4-11-20(21)22-25-14-8-15-26-22/h4-7,10-13,18-19H,8-9,14-17H2,1-3H3,(H,25,26)(H,27,29)/b10-6-,13-7-. The smallest absolute Gasteiger partial charge is 0.229 e. The SMILES string of the molecule is CC(C=O)/C=C\C=C/C(C)(C)C(=O)NCCCSc1ccccc1C1=NCCCN1. The van der Waals surface area contributed by atoms with E-state index in [0.29, 0.717) is 6.54 Å². The van der Waals surface area contributed by atoms with Gasteiger partial charge < -0.3 is 15.4 Å². The number of hydrogen-bond donors (Lipinski definition) is 2. The van der Waals surface area contributed by atoms with Crippen LogP contribution in [0.15, 0.2) is 58.5 Å². The van der Waals surface area contributed by atoms with Crippen LogP contribution in [0.1, 0.15) is 39.2 Å². The predicted molar refractivity (Wildman–Crippen MR) is 126 cm³/mol. The fraction of sp³-hybridized carbons (Fsp3) is 0.458. The molecule has 2 N–H and O–H groups in total. The summed E-state index contributed by atoms with van der Waals surface area (Å²) < 4.78 is 0. The summed E-state index contributed by atoms with van der Waals surface area (Å²) in [5, 5.41) is 6.42. The number of amidine groups is 1. The van der Waals surface area contributed by atoms with E-state index in [1.807, 2.05) is 45.1 Å². The minimum atomic E-state index is -0.598. The summed E-state index contributed by atoms with van der Waals surface area (Å²) in [6, 6.07) is 8.34. The third-order valence-corrected chi connectivity index (χ3v) is 5.90. The Morgan fingerprint density at radius 3 is 2.87 bits per heavy atom. The van der Waals surface area contributed by atoms with Gasteiger partial charge in [-0.25, -0.2) is 0 Å². The second-order valence-corrected chi connectivity index (χ2v) is 9.06. The van der Waals surface area contributed by atoms with Crippen LogP contribution in [-0.4, -0.2) is 43.4 Å². The Bertz CT molecular complexity index is 799. The molecule has 1 amide bonds. The first-order valence-electron chi connectivity index (χ1n) is 10.5. The van der Waals surface area contributed by atoms with Gasteiger partial charge in [0.05, 0.1) is 5.41 Å². The van der Waals surface area contributed by atoms with Gasteiger partial charge in [0.2, 0.25) is 5.91 Å². The fourth-order valence-electron chi connectivity index (χ4n) is 2.84. The minimum absolute atomic E-state index is 0.00162. The largest absolute Gasteiger partial charge is 0.370 e. The van der Waals surface area contributed by atoms with Crippen LogP contribution in [0.25, 0.3) is 0 Å². The molecule has 0 bridgehead atoms. The van der Waals surface area contributed by atoms with E-state index in [1.165, 1.54) is 4.90 Å². The number of nitrogens with one attached hydrogen (secondary N) is 2. The predicted octanol–water partition coefficient (Wildman–Crippen LogP) is 4.00. The van der Waals surface area contributed by atoms with Crippen LogP contribution in [-0.2, 0) is 9.59 Å². The number of rotatable bonds is 11. The van der Waals surface area contributed by atoms with E-state index in [2.05, 4.69) is 33.8 Å². The number of hydrogen-bond acceptors (Lipinski definition) is 5. The summed E-state index contributed by atoms with van der Waals surface area (Å²) >= 11 is 1.80. The molecule has 0 saturated carbocycles. The number of amides is 1. The molecule has 162 valence electrons. The molecule has 1 aromatic carbocycles. The molecule has 1 aliphatic rings. The zero-order valence-corrected chi connectivity index (χ0v) is 19.0. The van der Waals surface area contributed by atoms with Crippen LogP contribution in [0.5, 0.6) is 0 Å². The topological polar surface area (TPSA) is 70.6 Å². The lowest BCUT2D eigenvalue weighted by Gasteiger charge is -2.19. The third kappa shape index (κ3) is 7.82. The Morgan fingerprint density at radius 2 is 2.13 bits per heavy atom. The first-order chi connectivity index (χ1) is 14.4. The summed E-state index contributed by atoms with van der Waals surface area (Å²) in [4.78, 5) is 28.9. The molecule has 1 atom stereocenters. The Kier molecular flexibility index (Phi) is 9.87. The number of aldehydes is 1. The molecule has 0 aliphatic carbocycles. The van der Waals surface area contributed by atoms with Crippen LogP contribution >= 0.6 is 11.8 Å². The molecule has 1 aromatic rings. The molecule has 30 heavy (non-hydrogen) atoms. The van der Waals surface area contributed by atoms with Gasteiger partial charge in [-0.2, -0.15) is 0 Å². The van der Waals surface area contributed by atoms with Crippen molar-refractivity contribution in [2.75, 3.05) is 25.4 Å². The van der Waals surface area contributed by atoms with Crippen molar-refractivity contribution in [2.24, 2.45) is 16.3 Å². The zero-order chi connectivity index (χ0) is 21.8. The van der Waals surface area contributed by atoms with E-state index >= 15 is 0 Å². The number of carbonyl (C=O) groups is 2. The van der Waals surface area contributed by atoms with E-state index < -0.39 is 5.41 Å². The molecular formula is C24H33N3O2S. The average Bonchev–Trinajstić information content (AvgIpc) is 2.77. The highest BCUT2D eigenvalue weighted by Gasteiger charge is 2.23. The number of thioether (sulfide) groups is 1. The molecule has 5 nitrogen and oxygen atoms in total.